The molecule has 0 aromatic heterocycles. The molecular weight excluding hydrogens is 255 g/mol. The number of hydrogen-bond donors (Lipinski definition) is 0. The van der Waals surface area contributed by atoms with Crippen molar-refractivity contribution in [2.75, 3.05) is 0 Å². The summed E-state index contributed by atoms with van der Waals surface area (Å²) in [6, 6.07) is 4.18. The largest absolute Gasteiger partial charge is 0.332 e. The van der Waals surface area contributed by atoms with Crippen LogP contribution in [0.4, 0.5) is 3.89 Å². The van der Waals surface area contributed by atoms with E-state index in [2.05, 4.69) is 0 Å². The van der Waals surface area contributed by atoms with Crippen molar-refractivity contribution < 1.29 is 20.7 Å². The first kappa shape index (κ1) is 11.5. The maximum Gasteiger partial charge on any atom is 0.332 e. The lowest BCUT2D eigenvalue weighted by Gasteiger charge is -2.02. The molecule has 7 heteroatoms. The van der Waals surface area contributed by atoms with Gasteiger partial charge in [0.25, 0.3) is 0 Å². The molecule has 4 nitrogen and oxygen atoms in total. The Morgan fingerprint density at radius 3 is 1.75 bits per heavy atom. The van der Waals surface area contributed by atoms with Crippen molar-refractivity contribution >= 4 is 20.1 Å². The van der Waals surface area contributed by atoms with E-state index >= 15 is 0 Å². The van der Waals surface area contributed by atoms with Crippen molar-refractivity contribution in [2.24, 2.45) is 0 Å². The molecule has 1 saturated carbocycles. The van der Waals surface area contributed by atoms with E-state index in [0.717, 1.165) is 24.3 Å². The molecule has 0 radical (unpaired) electrons. The van der Waals surface area contributed by atoms with Gasteiger partial charge in [0.15, 0.2) is 9.84 Å². The van der Waals surface area contributed by atoms with Gasteiger partial charge < -0.3 is 0 Å². The van der Waals surface area contributed by atoms with Crippen LogP contribution in [0.5, 0.6) is 0 Å². The average Bonchev–Trinajstić information content (AvgIpc) is 3.00. The summed E-state index contributed by atoms with van der Waals surface area (Å²) in [5.74, 6) is 0. The van der Waals surface area contributed by atoms with Gasteiger partial charge in [-0.2, -0.15) is 8.42 Å². The molecule has 88 valence electrons. The average molecular weight is 264 g/mol. The van der Waals surface area contributed by atoms with Gasteiger partial charge in [0.2, 0.25) is 0 Å². The lowest BCUT2D eigenvalue weighted by Crippen LogP contribution is -2.07. The molecule has 1 fully saturated rings. The minimum atomic E-state index is -4.76. The second-order valence-electron chi connectivity index (χ2n) is 3.65. The smallest absolute Gasteiger partial charge is 0.223 e. The summed E-state index contributed by atoms with van der Waals surface area (Å²) in [7, 11) is -8.11. The van der Waals surface area contributed by atoms with Crippen LogP contribution >= 0.6 is 0 Å². The highest BCUT2D eigenvalue weighted by Crippen LogP contribution is 2.33. The van der Waals surface area contributed by atoms with Crippen molar-refractivity contribution in [3.63, 3.8) is 0 Å². The molecule has 2 rings (SSSR count). The fourth-order valence-electron chi connectivity index (χ4n) is 1.36. The van der Waals surface area contributed by atoms with Gasteiger partial charge in [-0.25, -0.2) is 8.42 Å². The van der Waals surface area contributed by atoms with Crippen molar-refractivity contribution in [1.82, 2.24) is 0 Å². The normalized spacial score (nSPS) is 17.3. The SMILES string of the molecule is O=S(=O)(F)c1ccc(S(=O)(=O)C2CC2)cc1. The number of benzene rings is 1. The zero-order valence-electron chi connectivity index (χ0n) is 8.13. The Morgan fingerprint density at radius 1 is 0.938 bits per heavy atom. The van der Waals surface area contributed by atoms with E-state index < -0.39 is 25.0 Å². The van der Waals surface area contributed by atoms with Gasteiger partial charge in [0.05, 0.1) is 15.0 Å². The van der Waals surface area contributed by atoms with Gasteiger partial charge in [-0.15, -0.1) is 3.89 Å². The molecule has 0 unspecified atom stereocenters. The molecule has 1 aromatic rings. The van der Waals surface area contributed by atoms with E-state index in [1.807, 2.05) is 0 Å². The quantitative estimate of drug-likeness (QED) is 0.771. The molecule has 0 aliphatic heterocycles. The van der Waals surface area contributed by atoms with Gasteiger partial charge in [-0.05, 0) is 37.1 Å². The molecule has 1 aromatic carbocycles. The fourth-order valence-corrected chi connectivity index (χ4v) is 3.48. The Hall–Kier alpha value is -0.950. The van der Waals surface area contributed by atoms with Crippen LogP contribution in [0.25, 0.3) is 0 Å². The zero-order valence-corrected chi connectivity index (χ0v) is 9.76. The van der Waals surface area contributed by atoms with Gasteiger partial charge in [0, 0.05) is 0 Å². The predicted molar refractivity (Wildman–Crippen MR) is 54.9 cm³/mol. The Labute approximate surface area is 93.2 Å². The standard InChI is InChI=1S/C9H9FO4S2/c10-16(13,14)9-5-3-8(4-6-9)15(11,12)7-1-2-7/h3-7H,1-2H2. The second-order valence-corrected chi connectivity index (χ2v) is 7.23. The lowest BCUT2D eigenvalue weighted by atomic mass is 10.4. The van der Waals surface area contributed by atoms with Crippen LogP contribution in [0, 0.1) is 0 Å². The summed E-state index contributed by atoms with van der Waals surface area (Å²) in [6.07, 6.45) is 1.26. The molecule has 0 atom stereocenters. The van der Waals surface area contributed by atoms with Crippen molar-refractivity contribution in [3.05, 3.63) is 24.3 Å². The first-order chi connectivity index (χ1) is 7.32. The van der Waals surface area contributed by atoms with Crippen LogP contribution in [0.1, 0.15) is 12.8 Å². The summed E-state index contributed by atoms with van der Waals surface area (Å²) in [6.45, 7) is 0. The number of sulfone groups is 1. The van der Waals surface area contributed by atoms with Gasteiger partial charge >= 0.3 is 10.2 Å². The molecule has 0 amide bonds. The van der Waals surface area contributed by atoms with Gasteiger partial charge in [0.1, 0.15) is 0 Å². The van der Waals surface area contributed by atoms with E-state index in [-0.39, 0.29) is 10.1 Å². The van der Waals surface area contributed by atoms with E-state index in [1.165, 1.54) is 0 Å². The van der Waals surface area contributed by atoms with Gasteiger partial charge in [-0.3, -0.25) is 0 Å². The van der Waals surface area contributed by atoms with Crippen LogP contribution in [0.15, 0.2) is 34.1 Å². The molecule has 0 N–H and O–H groups in total. The zero-order chi connectivity index (χ0) is 12.0. The Balaban J connectivity index is 2.40. The van der Waals surface area contributed by atoms with Crippen LogP contribution in [0.3, 0.4) is 0 Å². The van der Waals surface area contributed by atoms with Crippen molar-refractivity contribution in [3.8, 4) is 0 Å². The third kappa shape index (κ3) is 2.10. The lowest BCUT2D eigenvalue weighted by molar-refractivity contribution is 0.551. The molecule has 0 spiro atoms. The molecule has 0 saturated heterocycles. The second kappa shape index (κ2) is 3.53. The topological polar surface area (TPSA) is 68.3 Å². The third-order valence-corrected chi connectivity index (χ3v) is 5.51. The highest BCUT2D eigenvalue weighted by Gasteiger charge is 2.36. The fraction of sp³-hybridized carbons (Fsp3) is 0.333. The first-order valence-electron chi connectivity index (χ1n) is 4.60. The van der Waals surface area contributed by atoms with Crippen LogP contribution in [-0.4, -0.2) is 22.1 Å². The van der Waals surface area contributed by atoms with E-state index in [9.17, 15) is 20.7 Å². The Morgan fingerprint density at radius 2 is 1.38 bits per heavy atom. The van der Waals surface area contributed by atoms with Crippen LogP contribution in [0.2, 0.25) is 0 Å². The highest BCUT2D eigenvalue weighted by molar-refractivity contribution is 7.92. The van der Waals surface area contributed by atoms with Gasteiger partial charge in [-0.1, -0.05) is 0 Å². The summed E-state index contributed by atoms with van der Waals surface area (Å²) >= 11 is 0. The van der Waals surface area contributed by atoms with Crippen LogP contribution < -0.4 is 0 Å². The summed E-state index contributed by atoms with van der Waals surface area (Å²) in [5.41, 5.74) is 0. The maximum atomic E-state index is 12.5. The predicted octanol–water partition coefficient (Wildman–Crippen LogP) is 1.28. The highest BCUT2D eigenvalue weighted by atomic mass is 32.3. The minimum Gasteiger partial charge on any atom is -0.223 e. The Bertz CT molecular complexity index is 597. The van der Waals surface area contributed by atoms with E-state index in [0.29, 0.717) is 12.8 Å². The van der Waals surface area contributed by atoms with Crippen LogP contribution in [-0.2, 0) is 20.1 Å². The van der Waals surface area contributed by atoms with E-state index in [1.54, 1.807) is 0 Å². The van der Waals surface area contributed by atoms with Crippen molar-refractivity contribution in [2.45, 2.75) is 27.9 Å². The molecule has 16 heavy (non-hydrogen) atoms. The summed E-state index contributed by atoms with van der Waals surface area (Å²) in [4.78, 5) is -0.482. The first-order valence-corrected chi connectivity index (χ1v) is 7.53. The summed E-state index contributed by atoms with van der Waals surface area (Å²) < 4.78 is 57.0. The monoisotopic (exact) mass is 264 g/mol. The minimum absolute atomic E-state index is 0.0439. The number of hydrogen-bond acceptors (Lipinski definition) is 4. The maximum absolute atomic E-state index is 12.5. The molecule has 0 bridgehead atoms. The molecule has 0 heterocycles. The number of rotatable bonds is 3. The number of halogens is 1. The molecule has 1 aliphatic rings. The Kier molecular flexibility index (Phi) is 2.54. The molecule has 1 aliphatic carbocycles. The van der Waals surface area contributed by atoms with E-state index in [4.69, 9.17) is 0 Å². The summed E-state index contributed by atoms with van der Waals surface area (Å²) in [5, 5.41) is -0.361. The third-order valence-electron chi connectivity index (χ3n) is 2.40. The van der Waals surface area contributed by atoms with Crippen molar-refractivity contribution in [1.29, 1.82) is 0 Å². The molecular formula is C9H9FO4S2.